The molecular formula is C17H25N3O3. The predicted molar refractivity (Wildman–Crippen MR) is 89.6 cm³/mol. The van der Waals surface area contributed by atoms with Crippen LogP contribution < -0.4 is 15.5 Å². The lowest BCUT2D eigenvalue weighted by Crippen LogP contribution is -2.51. The third-order valence-corrected chi connectivity index (χ3v) is 4.12. The maximum absolute atomic E-state index is 12.1. The van der Waals surface area contributed by atoms with Gasteiger partial charge < -0.3 is 20.3 Å². The largest absolute Gasteiger partial charge is 0.453 e. The number of carbonyl (C=O) groups is 2. The number of methoxy groups -OCH3 is 1. The van der Waals surface area contributed by atoms with Crippen molar-refractivity contribution in [2.45, 2.75) is 38.8 Å². The normalized spacial score (nSPS) is 16.6. The monoisotopic (exact) mass is 319 g/mol. The maximum atomic E-state index is 12.1. The highest BCUT2D eigenvalue weighted by Gasteiger charge is 2.23. The first-order valence-electron chi connectivity index (χ1n) is 7.96. The van der Waals surface area contributed by atoms with Gasteiger partial charge in [0.05, 0.1) is 7.11 Å². The third kappa shape index (κ3) is 4.87. The summed E-state index contributed by atoms with van der Waals surface area (Å²) in [5.74, 6) is -0.176. The zero-order chi connectivity index (χ0) is 16.8. The van der Waals surface area contributed by atoms with Crippen LogP contribution in [0.4, 0.5) is 10.5 Å². The van der Waals surface area contributed by atoms with E-state index in [0.717, 1.165) is 25.9 Å². The van der Waals surface area contributed by atoms with Gasteiger partial charge in [0.2, 0.25) is 5.91 Å². The van der Waals surface area contributed by atoms with Crippen molar-refractivity contribution in [3.8, 4) is 0 Å². The lowest BCUT2D eigenvalue weighted by Gasteiger charge is -2.34. The molecule has 1 aromatic carbocycles. The fourth-order valence-corrected chi connectivity index (χ4v) is 2.73. The van der Waals surface area contributed by atoms with E-state index in [4.69, 9.17) is 0 Å². The van der Waals surface area contributed by atoms with Crippen LogP contribution >= 0.6 is 0 Å². The minimum Gasteiger partial charge on any atom is -0.453 e. The molecule has 126 valence electrons. The van der Waals surface area contributed by atoms with E-state index in [1.807, 2.05) is 0 Å². The smallest absolute Gasteiger partial charge is 0.407 e. The van der Waals surface area contributed by atoms with Crippen LogP contribution in [0.15, 0.2) is 24.3 Å². The minimum atomic E-state index is -0.600. The molecule has 1 fully saturated rings. The second kappa shape index (κ2) is 7.85. The number of hydrogen-bond acceptors (Lipinski definition) is 4. The van der Waals surface area contributed by atoms with Crippen molar-refractivity contribution in [2.24, 2.45) is 0 Å². The number of anilines is 1. The second-order valence-electron chi connectivity index (χ2n) is 5.97. The molecule has 0 saturated carbocycles. The first-order valence-corrected chi connectivity index (χ1v) is 7.96. The molecule has 23 heavy (non-hydrogen) atoms. The van der Waals surface area contributed by atoms with Gasteiger partial charge in [-0.2, -0.15) is 0 Å². The van der Waals surface area contributed by atoms with Gasteiger partial charge in [-0.3, -0.25) is 4.79 Å². The number of nitrogens with zero attached hydrogens (tertiary/aromatic N) is 1. The molecule has 1 aliphatic rings. The molecule has 2 rings (SSSR count). The lowest BCUT2D eigenvalue weighted by molar-refractivity contribution is -0.123. The number of carbonyl (C=O) groups excluding carboxylic acids is 2. The van der Waals surface area contributed by atoms with Crippen LogP contribution in [0.2, 0.25) is 0 Å². The number of amides is 2. The summed E-state index contributed by atoms with van der Waals surface area (Å²) in [7, 11) is 1.28. The molecule has 1 aromatic rings. The van der Waals surface area contributed by atoms with Crippen molar-refractivity contribution in [1.29, 1.82) is 0 Å². The fraction of sp³-hybridized carbons (Fsp3) is 0.529. The van der Waals surface area contributed by atoms with Crippen molar-refractivity contribution >= 4 is 17.7 Å². The van der Waals surface area contributed by atoms with E-state index in [1.54, 1.807) is 6.92 Å². The van der Waals surface area contributed by atoms with Gasteiger partial charge in [-0.1, -0.05) is 12.1 Å². The third-order valence-electron chi connectivity index (χ3n) is 4.12. The summed E-state index contributed by atoms with van der Waals surface area (Å²) in [4.78, 5) is 25.5. The van der Waals surface area contributed by atoms with Crippen LogP contribution in [0.5, 0.6) is 0 Å². The summed E-state index contributed by atoms with van der Waals surface area (Å²) in [6, 6.07) is 8.00. The summed E-state index contributed by atoms with van der Waals surface area (Å²) in [6.07, 6.45) is 1.19. The van der Waals surface area contributed by atoms with Gasteiger partial charge in [-0.05, 0) is 44.4 Å². The minimum absolute atomic E-state index is 0.144. The average Bonchev–Trinajstić information content (AvgIpc) is 2.55. The molecule has 6 heteroatoms. The zero-order valence-electron chi connectivity index (χ0n) is 14.0. The second-order valence-corrected chi connectivity index (χ2v) is 5.97. The van der Waals surface area contributed by atoms with Crippen LogP contribution in [0.1, 0.15) is 25.3 Å². The molecule has 0 aromatic heterocycles. The molecule has 1 aliphatic heterocycles. The number of aryl methyl sites for hydroxylation is 1. The Labute approximate surface area is 137 Å². The van der Waals surface area contributed by atoms with Crippen molar-refractivity contribution in [1.82, 2.24) is 10.6 Å². The van der Waals surface area contributed by atoms with Gasteiger partial charge in [-0.15, -0.1) is 0 Å². The van der Waals surface area contributed by atoms with Crippen molar-refractivity contribution in [3.05, 3.63) is 29.8 Å². The highest BCUT2D eigenvalue weighted by atomic mass is 16.5. The van der Waals surface area contributed by atoms with Crippen LogP contribution in [0, 0.1) is 6.92 Å². The van der Waals surface area contributed by atoms with Crippen molar-refractivity contribution in [3.63, 3.8) is 0 Å². The molecule has 0 radical (unpaired) electrons. The van der Waals surface area contributed by atoms with E-state index in [-0.39, 0.29) is 11.9 Å². The molecule has 2 N–H and O–H groups in total. The molecule has 1 heterocycles. The van der Waals surface area contributed by atoms with Crippen LogP contribution in [0.3, 0.4) is 0 Å². The molecule has 2 amide bonds. The Hall–Kier alpha value is -2.24. The van der Waals surface area contributed by atoms with E-state index in [9.17, 15) is 9.59 Å². The standard InChI is InChI=1S/C17H25N3O3/c1-12-5-4-6-15(11-12)20-9-7-14(8-10-20)19-16(21)13(2)18-17(22)23-3/h4-6,11,13-14H,7-10H2,1-3H3,(H,18,22)(H,19,21)/t13-/m1/s1. The van der Waals surface area contributed by atoms with Gasteiger partial charge in [0.25, 0.3) is 0 Å². The Kier molecular flexibility index (Phi) is 5.84. The van der Waals surface area contributed by atoms with E-state index in [2.05, 4.69) is 51.5 Å². The molecule has 0 aliphatic carbocycles. The fourth-order valence-electron chi connectivity index (χ4n) is 2.73. The summed E-state index contributed by atoms with van der Waals surface area (Å²) in [5.41, 5.74) is 2.48. The lowest BCUT2D eigenvalue weighted by atomic mass is 10.0. The molecule has 0 bridgehead atoms. The Balaban J connectivity index is 1.80. The van der Waals surface area contributed by atoms with Crippen molar-refractivity contribution < 1.29 is 14.3 Å². The van der Waals surface area contributed by atoms with E-state index in [1.165, 1.54) is 18.4 Å². The zero-order valence-corrected chi connectivity index (χ0v) is 14.0. The van der Waals surface area contributed by atoms with E-state index >= 15 is 0 Å². The molecule has 1 saturated heterocycles. The number of ether oxygens (including phenoxy) is 1. The Morgan fingerprint density at radius 3 is 2.61 bits per heavy atom. The summed E-state index contributed by atoms with van der Waals surface area (Å²) < 4.78 is 4.50. The Morgan fingerprint density at radius 2 is 2.00 bits per heavy atom. The molecular weight excluding hydrogens is 294 g/mol. The van der Waals surface area contributed by atoms with Gasteiger partial charge in [0.1, 0.15) is 6.04 Å². The number of alkyl carbamates (subject to hydrolysis) is 1. The van der Waals surface area contributed by atoms with E-state index < -0.39 is 12.1 Å². The molecule has 6 nitrogen and oxygen atoms in total. The van der Waals surface area contributed by atoms with Gasteiger partial charge in [0, 0.05) is 24.8 Å². The van der Waals surface area contributed by atoms with Gasteiger partial charge >= 0.3 is 6.09 Å². The van der Waals surface area contributed by atoms with Crippen LogP contribution in [-0.4, -0.2) is 44.3 Å². The highest BCUT2D eigenvalue weighted by Crippen LogP contribution is 2.21. The first kappa shape index (κ1) is 17.1. The number of benzene rings is 1. The summed E-state index contributed by atoms with van der Waals surface area (Å²) in [6.45, 7) is 5.56. The quantitative estimate of drug-likeness (QED) is 0.888. The summed E-state index contributed by atoms with van der Waals surface area (Å²) >= 11 is 0. The molecule has 0 unspecified atom stereocenters. The van der Waals surface area contributed by atoms with Crippen molar-refractivity contribution in [2.75, 3.05) is 25.1 Å². The van der Waals surface area contributed by atoms with Crippen LogP contribution in [-0.2, 0) is 9.53 Å². The number of piperidine rings is 1. The number of rotatable bonds is 4. The highest BCUT2D eigenvalue weighted by molar-refractivity contribution is 5.85. The Morgan fingerprint density at radius 1 is 1.30 bits per heavy atom. The molecule has 1 atom stereocenters. The number of nitrogens with one attached hydrogen (secondary N) is 2. The summed E-state index contributed by atoms with van der Waals surface area (Å²) in [5, 5.41) is 5.47. The SMILES string of the molecule is COC(=O)N[C@H](C)C(=O)NC1CCN(c2cccc(C)c2)CC1. The first-order chi connectivity index (χ1) is 11.0. The van der Waals surface area contributed by atoms with E-state index in [0.29, 0.717) is 0 Å². The maximum Gasteiger partial charge on any atom is 0.407 e. The van der Waals surface area contributed by atoms with Gasteiger partial charge in [0.15, 0.2) is 0 Å². The predicted octanol–water partition coefficient (Wildman–Crippen LogP) is 1.82. The van der Waals surface area contributed by atoms with Gasteiger partial charge in [-0.25, -0.2) is 4.79 Å². The number of hydrogen-bond donors (Lipinski definition) is 2. The Bertz CT molecular complexity index is 554. The topological polar surface area (TPSA) is 70.7 Å². The van der Waals surface area contributed by atoms with Crippen LogP contribution in [0.25, 0.3) is 0 Å². The average molecular weight is 319 g/mol. The molecule has 0 spiro atoms.